The zero-order chi connectivity index (χ0) is 21.3. The van der Waals surface area contributed by atoms with Gasteiger partial charge in [-0.25, -0.2) is 4.39 Å². The lowest BCUT2D eigenvalue weighted by atomic mass is 10.1. The molecular weight excluding hydrogens is 430 g/mol. The van der Waals surface area contributed by atoms with Gasteiger partial charge in [0.1, 0.15) is 5.82 Å². The van der Waals surface area contributed by atoms with E-state index < -0.39 is 11.7 Å². The summed E-state index contributed by atoms with van der Waals surface area (Å²) >= 11 is 12.0. The molecule has 30 heavy (non-hydrogen) atoms. The van der Waals surface area contributed by atoms with E-state index in [0.717, 1.165) is 5.56 Å². The van der Waals surface area contributed by atoms with Crippen LogP contribution in [0.5, 0.6) is 0 Å². The largest absolute Gasteiger partial charge is 0.341 e. The summed E-state index contributed by atoms with van der Waals surface area (Å²) in [6, 6.07) is 7.68. The highest BCUT2D eigenvalue weighted by atomic mass is 35.5. The quantitative estimate of drug-likeness (QED) is 0.357. The lowest BCUT2D eigenvalue weighted by Crippen LogP contribution is -2.23. The molecule has 0 aliphatic carbocycles. The molecule has 0 saturated heterocycles. The first-order valence-corrected chi connectivity index (χ1v) is 9.51. The maximum Gasteiger partial charge on any atom is 0.296 e. The Morgan fingerprint density at radius 2 is 1.70 bits per heavy atom. The first-order chi connectivity index (χ1) is 14.4. The summed E-state index contributed by atoms with van der Waals surface area (Å²) in [5.74, 6) is -1.98. The van der Waals surface area contributed by atoms with E-state index in [1.54, 1.807) is 35.2 Å². The predicted octanol–water partition coefficient (Wildman–Crippen LogP) is 4.75. The molecule has 0 atom stereocenters. The first kappa shape index (κ1) is 20.0. The number of benzene rings is 1. The van der Waals surface area contributed by atoms with Gasteiger partial charge in [0.05, 0.1) is 33.0 Å². The van der Waals surface area contributed by atoms with Crippen molar-refractivity contribution in [3.05, 3.63) is 88.3 Å². The number of hydrogen-bond donors (Lipinski definition) is 1. The summed E-state index contributed by atoms with van der Waals surface area (Å²) in [5, 5.41) is 3.25. The van der Waals surface area contributed by atoms with Crippen LogP contribution in [0.3, 0.4) is 0 Å². The molecule has 6 nitrogen and oxygen atoms in total. The van der Waals surface area contributed by atoms with Crippen molar-refractivity contribution in [1.29, 1.82) is 0 Å². The molecule has 0 aliphatic heterocycles. The summed E-state index contributed by atoms with van der Waals surface area (Å²) in [6.45, 7) is 0.374. The number of rotatable bonds is 5. The SMILES string of the molecule is O=C(Nc1c(Cl)cncc1Cl)C(=O)c1cn(Cc2ccc(F)cc2)c2cnccc12. The van der Waals surface area contributed by atoms with Crippen LogP contribution in [0.4, 0.5) is 10.1 Å². The van der Waals surface area contributed by atoms with Crippen LogP contribution >= 0.6 is 23.2 Å². The number of anilines is 1. The van der Waals surface area contributed by atoms with E-state index in [0.29, 0.717) is 17.4 Å². The fourth-order valence-corrected chi connectivity index (χ4v) is 3.52. The summed E-state index contributed by atoms with van der Waals surface area (Å²) < 4.78 is 15.0. The molecule has 4 aromatic rings. The number of aromatic nitrogens is 3. The summed E-state index contributed by atoms with van der Waals surface area (Å²) in [6.07, 6.45) is 7.34. The van der Waals surface area contributed by atoms with Crippen LogP contribution in [0.25, 0.3) is 10.9 Å². The molecular formula is C21H13Cl2FN4O2. The third-order valence-electron chi connectivity index (χ3n) is 4.49. The molecule has 0 aliphatic rings. The minimum atomic E-state index is -0.886. The first-order valence-electron chi connectivity index (χ1n) is 8.76. The lowest BCUT2D eigenvalue weighted by Gasteiger charge is -2.07. The average molecular weight is 443 g/mol. The van der Waals surface area contributed by atoms with Crippen molar-refractivity contribution in [2.75, 3.05) is 5.32 Å². The standard InChI is InChI=1S/C21H13Cl2FN4O2/c22-16-7-26-8-17(23)19(16)27-21(30)20(29)15-11-28(18-9-25-6-5-14(15)18)10-12-1-3-13(24)4-2-12/h1-9,11H,10H2,(H,26,27,30). The molecule has 150 valence electrons. The van der Waals surface area contributed by atoms with Gasteiger partial charge in [0, 0.05) is 36.7 Å². The molecule has 3 heterocycles. The van der Waals surface area contributed by atoms with Crippen molar-refractivity contribution >= 4 is 51.5 Å². The number of ketones is 1. The van der Waals surface area contributed by atoms with E-state index in [9.17, 15) is 14.0 Å². The predicted molar refractivity (Wildman–Crippen MR) is 112 cm³/mol. The highest BCUT2D eigenvalue weighted by molar-refractivity contribution is 6.50. The van der Waals surface area contributed by atoms with Crippen LogP contribution in [0, 0.1) is 5.82 Å². The van der Waals surface area contributed by atoms with Crippen molar-refractivity contribution in [2.24, 2.45) is 0 Å². The zero-order valence-electron chi connectivity index (χ0n) is 15.3. The Morgan fingerprint density at radius 1 is 1.00 bits per heavy atom. The smallest absolute Gasteiger partial charge is 0.296 e. The number of nitrogens with zero attached hydrogens (tertiary/aromatic N) is 3. The maximum absolute atomic E-state index is 13.2. The number of hydrogen-bond acceptors (Lipinski definition) is 4. The van der Waals surface area contributed by atoms with E-state index >= 15 is 0 Å². The second-order valence-electron chi connectivity index (χ2n) is 6.45. The Morgan fingerprint density at radius 3 is 2.40 bits per heavy atom. The normalized spacial score (nSPS) is 10.9. The molecule has 1 amide bonds. The zero-order valence-corrected chi connectivity index (χ0v) is 16.8. The highest BCUT2D eigenvalue weighted by Gasteiger charge is 2.23. The molecule has 3 aromatic heterocycles. The van der Waals surface area contributed by atoms with Gasteiger partial charge in [-0.3, -0.25) is 19.6 Å². The topological polar surface area (TPSA) is 76.9 Å². The molecule has 9 heteroatoms. The molecule has 1 N–H and O–H groups in total. The minimum Gasteiger partial charge on any atom is -0.341 e. The van der Waals surface area contributed by atoms with Crippen molar-refractivity contribution in [3.63, 3.8) is 0 Å². The minimum absolute atomic E-state index is 0.114. The van der Waals surface area contributed by atoms with Crippen LogP contribution in [0.1, 0.15) is 15.9 Å². The van der Waals surface area contributed by atoms with Crippen molar-refractivity contribution in [1.82, 2.24) is 14.5 Å². The number of carbonyl (C=O) groups excluding carboxylic acids is 2. The van der Waals surface area contributed by atoms with E-state index in [4.69, 9.17) is 23.2 Å². The molecule has 1 aromatic carbocycles. The van der Waals surface area contributed by atoms with Crippen molar-refractivity contribution in [3.8, 4) is 0 Å². The van der Waals surface area contributed by atoms with Gasteiger partial charge >= 0.3 is 0 Å². The summed E-state index contributed by atoms with van der Waals surface area (Å²) in [5.41, 5.74) is 1.81. The number of nitrogens with one attached hydrogen (secondary N) is 1. The van der Waals surface area contributed by atoms with Gasteiger partial charge in [0.2, 0.25) is 0 Å². The number of amides is 1. The monoisotopic (exact) mass is 442 g/mol. The van der Waals surface area contributed by atoms with Gasteiger partial charge in [-0.15, -0.1) is 0 Å². The summed E-state index contributed by atoms with van der Waals surface area (Å²) in [7, 11) is 0. The van der Waals surface area contributed by atoms with E-state index in [2.05, 4.69) is 15.3 Å². The number of Topliss-reactive ketones (excluding diaryl/α,β-unsaturated/α-hetero) is 1. The summed E-state index contributed by atoms with van der Waals surface area (Å²) in [4.78, 5) is 33.4. The van der Waals surface area contributed by atoms with E-state index in [-0.39, 0.29) is 27.1 Å². The van der Waals surface area contributed by atoms with Crippen LogP contribution in [0.15, 0.2) is 61.3 Å². The average Bonchev–Trinajstić information content (AvgIpc) is 3.10. The van der Waals surface area contributed by atoms with Gasteiger partial charge in [0.25, 0.3) is 11.7 Å². The lowest BCUT2D eigenvalue weighted by molar-refractivity contribution is -0.112. The molecule has 0 bridgehead atoms. The highest BCUT2D eigenvalue weighted by Crippen LogP contribution is 2.29. The Kier molecular flexibility index (Phi) is 5.48. The van der Waals surface area contributed by atoms with Gasteiger partial charge in [0.15, 0.2) is 0 Å². The van der Waals surface area contributed by atoms with Gasteiger partial charge < -0.3 is 9.88 Å². The number of halogens is 3. The van der Waals surface area contributed by atoms with Gasteiger partial charge in [-0.2, -0.15) is 0 Å². The molecule has 0 spiro atoms. The third-order valence-corrected chi connectivity index (χ3v) is 5.07. The van der Waals surface area contributed by atoms with Crippen LogP contribution < -0.4 is 5.32 Å². The fourth-order valence-electron chi connectivity index (χ4n) is 3.06. The van der Waals surface area contributed by atoms with Crippen LogP contribution in [-0.2, 0) is 11.3 Å². The van der Waals surface area contributed by atoms with E-state index in [1.807, 2.05) is 0 Å². The van der Waals surface area contributed by atoms with Gasteiger partial charge in [-0.05, 0) is 23.8 Å². The maximum atomic E-state index is 13.2. The third kappa shape index (κ3) is 3.90. The van der Waals surface area contributed by atoms with E-state index in [1.165, 1.54) is 30.7 Å². The Hall–Kier alpha value is -3.29. The van der Waals surface area contributed by atoms with Gasteiger partial charge in [-0.1, -0.05) is 35.3 Å². The number of carbonyl (C=O) groups is 2. The Balaban J connectivity index is 1.67. The molecule has 4 rings (SSSR count). The Bertz CT molecular complexity index is 1250. The molecule has 0 fully saturated rings. The van der Waals surface area contributed by atoms with Crippen LogP contribution in [-0.4, -0.2) is 26.2 Å². The second-order valence-corrected chi connectivity index (χ2v) is 7.27. The molecule has 0 saturated carbocycles. The Labute approximate surface area is 180 Å². The van der Waals surface area contributed by atoms with Crippen molar-refractivity contribution < 1.29 is 14.0 Å². The van der Waals surface area contributed by atoms with Crippen LogP contribution in [0.2, 0.25) is 10.0 Å². The number of fused-ring (bicyclic) bond motifs is 1. The second kappa shape index (κ2) is 8.22. The number of pyridine rings is 2. The molecule has 0 unspecified atom stereocenters. The fraction of sp³-hybridized carbons (Fsp3) is 0.0476. The molecule has 0 radical (unpaired) electrons. The van der Waals surface area contributed by atoms with Crippen molar-refractivity contribution in [2.45, 2.75) is 6.54 Å².